The van der Waals surface area contributed by atoms with Gasteiger partial charge in [-0.25, -0.2) is 4.99 Å². The normalized spacial score (nSPS) is 16.8. The zero-order chi connectivity index (χ0) is 18.5. The highest BCUT2D eigenvalue weighted by Crippen LogP contribution is 2.30. The summed E-state index contributed by atoms with van der Waals surface area (Å²) >= 11 is 13.2. The van der Waals surface area contributed by atoms with Gasteiger partial charge in [-0.05, 0) is 53.7 Å². The number of nitrogens with zero attached hydrogens (tertiary/aromatic N) is 1. The molecule has 3 rings (SSSR count). The van der Waals surface area contributed by atoms with E-state index in [4.69, 9.17) is 27.9 Å². The van der Waals surface area contributed by atoms with Crippen molar-refractivity contribution in [3.63, 3.8) is 0 Å². The predicted molar refractivity (Wildman–Crippen MR) is 109 cm³/mol. The standard InChI is InChI=1S/C19H14Cl2N2O2S/c1-2-7-25-16-5-3-12(4-6-16)8-17-18(24)23-19(26-17)22-15-10-13(20)9-14(21)11-15/h2-6,8-11H,1,7H2,(H,22,23,24). The van der Waals surface area contributed by atoms with Crippen molar-refractivity contribution >= 4 is 57.8 Å². The molecule has 132 valence electrons. The summed E-state index contributed by atoms with van der Waals surface area (Å²) < 4.78 is 5.44. The van der Waals surface area contributed by atoms with Crippen molar-refractivity contribution < 1.29 is 9.53 Å². The quantitative estimate of drug-likeness (QED) is 0.532. The van der Waals surface area contributed by atoms with Crippen molar-refractivity contribution in [1.29, 1.82) is 0 Å². The molecule has 1 aliphatic rings. The van der Waals surface area contributed by atoms with E-state index in [9.17, 15) is 4.79 Å². The van der Waals surface area contributed by atoms with Crippen LogP contribution in [0.25, 0.3) is 6.08 Å². The third kappa shape index (κ3) is 4.91. The summed E-state index contributed by atoms with van der Waals surface area (Å²) in [4.78, 5) is 17.1. The predicted octanol–water partition coefficient (Wildman–Crippen LogP) is 5.45. The van der Waals surface area contributed by atoms with Crippen LogP contribution in [0.4, 0.5) is 5.69 Å². The lowest BCUT2D eigenvalue weighted by Crippen LogP contribution is -2.19. The molecule has 1 amide bonds. The molecule has 0 saturated carbocycles. The topological polar surface area (TPSA) is 50.7 Å². The number of thioether (sulfide) groups is 1. The number of hydrogen-bond acceptors (Lipinski definition) is 4. The Morgan fingerprint density at radius 1 is 1.15 bits per heavy atom. The van der Waals surface area contributed by atoms with Crippen molar-refractivity contribution in [3.8, 4) is 5.75 Å². The summed E-state index contributed by atoms with van der Waals surface area (Å²) in [5, 5.41) is 4.19. The van der Waals surface area contributed by atoms with Crippen LogP contribution in [0.5, 0.6) is 5.75 Å². The Balaban J connectivity index is 1.75. The summed E-state index contributed by atoms with van der Waals surface area (Å²) in [7, 11) is 0. The highest BCUT2D eigenvalue weighted by atomic mass is 35.5. The monoisotopic (exact) mass is 404 g/mol. The minimum atomic E-state index is -0.200. The van der Waals surface area contributed by atoms with E-state index in [1.165, 1.54) is 11.8 Å². The number of rotatable bonds is 5. The van der Waals surface area contributed by atoms with E-state index < -0.39 is 0 Å². The van der Waals surface area contributed by atoms with Gasteiger partial charge in [0.05, 0.1) is 10.6 Å². The lowest BCUT2D eigenvalue weighted by Gasteiger charge is -2.03. The highest BCUT2D eigenvalue weighted by Gasteiger charge is 2.23. The Hall–Kier alpha value is -2.21. The molecule has 1 heterocycles. The molecule has 1 saturated heterocycles. The van der Waals surface area contributed by atoms with Gasteiger partial charge in [0, 0.05) is 10.0 Å². The Labute approximate surface area is 165 Å². The van der Waals surface area contributed by atoms with E-state index in [0.717, 1.165) is 11.3 Å². The first-order valence-electron chi connectivity index (χ1n) is 7.63. The molecule has 1 fully saturated rings. The van der Waals surface area contributed by atoms with E-state index in [1.807, 2.05) is 24.3 Å². The third-order valence-electron chi connectivity index (χ3n) is 3.27. The first kappa shape index (κ1) is 18.6. The molecule has 4 nitrogen and oxygen atoms in total. The molecule has 2 aromatic rings. The molecule has 26 heavy (non-hydrogen) atoms. The Kier molecular flexibility index (Phi) is 6.04. The van der Waals surface area contributed by atoms with Gasteiger partial charge in [0.2, 0.25) is 0 Å². The van der Waals surface area contributed by atoms with Gasteiger partial charge in [-0.15, -0.1) is 0 Å². The van der Waals surface area contributed by atoms with Crippen LogP contribution in [-0.4, -0.2) is 17.7 Å². The van der Waals surface area contributed by atoms with Crippen LogP contribution in [0, 0.1) is 0 Å². The van der Waals surface area contributed by atoms with Crippen molar-refractivity contribution in [1.82, 2.24) is 5.32 Å². The summed E-state index contributed by atoms with van der Waals surface area (Å²) in [5.74, 6) is 0.546. The number of nitrogens with one attached hydrogen (secondary N) is 1. The van der Waals surface area contributed by atoms with Crippen LogP contribution in [0.15, 0.2) is 65.0 Å². The summed E-state index contributed by atoms with van der Waals surface area (Å²) in [6, 6.07) is 12.4. The zero-order valence-corrected chi connectivity index (χ0v) is 15.9. The molecule has 1 aliphatic heterocycles. The van der Waals surface area contributed by atoms with E-state index in [0.29, 0.717) is 32.4 Å². The van der Waals surface area contributed by atoms with Crippen LogP contribution in [0.3, 0.4) is 0 Å². The Bertz CT molecular complexity index is 888. The fourth-order valence-electron chi connectivity index (χ4n) is 2.17. The second-order valence-electron chi connectivity index (χ2n) is 5.28. The molecule has 0 atom stereocenters. The van der Waals surface area contributed by atoms with Crippen molar-refractivity contribution in [2.45, 2.75) is 0 Å². The minimum absolute atomic E-state index is 0.200. The fourth-order valence-corrected chi connectivity index (χ4v) is 3.52. The third-order valence-corrected chi connectivity index (χ3v) is 4.62. The molecule has 0 unspecified atom stereocenters. The number of carbonyl (C=O) groups is 1. The molecule has 0 aromatic heterocycles. The van der Waals surface area contributed by atoms with Crippen LogP contribution >= 0.6 is 35.0 Å². The van der Waals surface area contributed by atoms with Gasteiger partial charge in [-0.2, -0.15) is 0 Å². The summed E-state index contributed by atoms with van der Waals surface area (Å²) in [6.07, 6.45) is 3.48. The molecular formula is C19H14Cl2N2O2S. The largest absolute Gasteiger partial charge is 0.490 e. The van der Waals surface area contributed by atoms with Gasteiger partial charge < -0.3 is 10.1 Å². The van der Waals surface area contributed by atoms with Gasteiger partial charge in [0.1, 0.15) is 12.4 Å². The highest BCUT2D eigenvalue weighted by molar-refractivity contribution is 8.18. The molecule has 7 heteroatoms. The maximum Gasteiger partial charge on any atom is 0.264 e. The molecular weight excluding hydrogens is 391 g/mol. The minimum Gasteiger partial charge on any atom is -0.490 e. The number of benzene rings is 2. The molecule has 1 N–H and O–H groups in total. The maximum absolute atomic E-state index is 12.2. The lowest BCUT2D eigenvalue weighted by atomic mass is 10.2. The second kappa shape index (κ2) is 8.45. The first-order chi connectivity index (χ1) is 12.5. The second-order valence-corrected chi connectivity index (χ2v) is 7.18. The number of halogens is 2. The van der Waals surface area contributed by atoms with Gasteiger partial charge in [0.15, 0.2) is 5.17 Å². The molecule has 0 spiro atoms. The molecule has 0 radical (unpaired) electrons. The SMILES string of the molecule is C=CCOc1ccc(C=C2SC(=Nc3cc(Cl)cc(Cl)c3)NC2=O)cc1. The molecule has 0 aliphatic carbocycles. The molecule has 0 bridgehead atoms. The van der Waals surface area contributed by atoms with Gasteiger partial charge >= 0.3 is 0 Å². The van der Waals surface area contributed by atoms with Gasteiger partial charge in [0.25, 0.3) is 5.91 Å². The summed E-state index contributed by atoms with van der Waals surface area (Å²) in [5.41, 5.74) is 1.47. The first-order valence-corrected chi connectivity index (χ1v) is 9.20. The van der Waals surface area contributed by atoms with Gasteiger partial charge in [-0.1, -0.05) is 48.0 Å². The average molecular weight is 405 g/mol. The number of carbonyl (C=O) groups excluding carboxylic acids is 1. The Morgan fingerprint density at radius 3 is 2.50 bits per heavy atom. The van der Waals surface area contributed by atoms with Crippen molar-refractivity contribution in [2.75, 3.05) is 6.61 Å². The number of ether oxygens (including phenoxy) is 1. The van der Waals surface area contributed by atoms with E-state index in [1.54, 1.807) is 30.4 Å². The van der Waals surface area contributed by atoms with E-state index in [2.05, 4.69) is 16.9 Å². The number of aliphatic imine (C=N–C) groups is 1. The zero-order valence-electron chi connectivity index (χ0n) is 13.5. The smallest absolute Gasteiger partial charge is 0.264 e. The molecule has 2 aromatic carbocycles. The van der Waals surface area contributed by atoms with E-state index in [-0.39, 0.29) is 5.91 Å². The van der Waals surface area contributed by atoms with Crippen molar-refractivity contribution in [2.24, 2.45) is 4.99 Å². The van der Waals surface area contributed by atoms with Gasteiger partial charge in [-0.3, -0.25) is 4.79 Å². The van der Waals surface area contributed by atoms with Crippen LogP contribution < -0.4 is 10.1 Å². The number of amides is 1. The number of hydrogen-bond donors (Lipinski definition) is 1. The Morgan fingerprint density at radius 2 is 1.85 bits per heavy atom. The van der Waals surface area contributed by atoms with Crippen LogP contribution in [-0.2, 0) is 4.79 Å². The average Bonchev–Trinajstić information content (AvgIpc) is 2.92. The number of amidine groups is 1. The maximum atomic E-state index is 12.2. The lowest BCUT2D eigenvalue weighted by molar-refractivity contribution is -0.115. The fraction of sp³-hybridized carbons (Fsp3) is 0.0526. The van der Waals surface area contributed by atoms with Crippen molar-refractivity contribution in [3.05, 3.63) is 75.6 Å². The van der Waals surface area contributed by atoms with E-state index >= 15 is 0 Å². The van der Waals surface area contributed by atoms with Crippen LogP contribution in [0.2, 0.25) is 10.0 Å². The summed E-state index contributed by atoms with van der Waals surface area (Å²) in [6.45, 7) is 4.06. The van der Waals surface area contributed by atoms with Crippen LogP contribution in [0.1, 0.15) is 5.56 Å².